The zero-order chi connectivity index (χ0) is 19.3. The highest BCUT2D eigenvalue weighted by molar-refractivity contribution is 6.24. The normalized spacial score (nSPS) is 13.3. The van der Waals surface area contributed by atoms with Crippen molar-refractivity contribution in [2.75, 3.05) is 32.7 Å². The smallest absolute Gasteiger partial charge is 0.282 e. The lowest BCUT2D eigenvalue weighted by molar-refractivity contribution is -0.385. The lowest BCUT2D eigenvalue weighted by atomic mass is 10.1. The predicted molar refractivity (Wildman–Crippen MR) is 93.9 cm³/mol. The van der Waals surface area contributed by atoms with Gasteiger partial charge in [0.1, 0.15) is 12.1 Å². The third-order valence-electron chi connectivity index (χ3n) is 4.34. The fourth-order valence-electron chi connectivity index (χ4n) is 2.88. The number of nitrogens with one attached hydrogen (secondary N) is 1. The maximum atomic E-state index is 12.4. The van der Waals surface area contributed by atoms with Crippen molar-refractivity contribution in [1.29, 1.82) is 0 Å². The van der Waals surface area contributed by atoms with Crippen LogP contribution in [0.25, 0.3) is 0 Å². The molecule has 9 nitrogen and oxygen atoms in total. The molecule has 1 heterocycles. The number of hydrogen-bond acceptors (Lipinski definition) is 6. The second-order valence-electron chi connectivity index (χ2n) is 5.88. The number of nitro groups is 1. The second-order valence-corrected chi connectivity index (χ2v) is 5.88. The Kier molecular flexibility index (Phi) is 6.40. The SMILES string of the molecule is CCN(CC)CCCNC(=O)CN1C(=O)c2cccc([N+](=O)[O-])c2C1=O. The molecule has 1 aromatic rings. The van der Waals surface area contributed by atoms with Gasteiger partial charge in [0, 0.05) is 12.6 Å². The van der Waals surface area contributed by atoms with Crippen LogP contribution in [0.5, 0.6) is 0 Å². The van der Waals surface area contributed by atoms with E-state index in [-0.39, 0.29) is 11.1 Å². The molecule has 1 aliphatic rings. The van der Waals surface area contributed by atoms with Crippen LogP contribution in [0.4, 0.5) is 5.69 Å². The van der Waals surface area contributed by atoms with Gasteiger partial charge in [-0.3, -0.25) is 29.4 Å². The van der Waals surface area contributed by atoms with E-state index in [0.29, 0.717) is 6.54 Å². The predicted octanol–water partition coefficient (Wildman–Crippen LogP) is 1.04. The van der Waals surface area contributed by atoms with Gasteiger partial charge in [0.05, 0.1) is 10.5 Å². The molecule has 0 unspecified atom stereocenters. The number of imide groups is 1. The minimum absolute atomic E-state index is 0.0430. The zero-order valence-electron chi connectivity index (χ0n) is 14.9. The van der Waals surface area contributed by atoms with Crippen molar-refractivity contribution >= 4 is 23.4 Å². The molecular weight excluding hydrogens is 340 g/mol. The molecule has 1 aromatic carbocycles. The molecule has 1 aliphatic heterocycles. The molecule has 0 atom stereocenters. The van der Waals surface area contributed by atoms with Gasteiger partial charge >= 0.3 is 0 Å². The molecule has 9 heteroatoms. The average Bonchev–Trinajstić information content (AvgIpc) is 2.87. The molecule has 0 saturated carbocycles. The van der Waals surface area contributed by atoms with Crippen molar-refractivity contribution in [3.63, 3.8) is 0 Å². The summed E-state index contributed by atoms with van der Waals surface area (Å²) in [6.07, 6.45) is 0.751. The summed E-state index contributed by atoms with van der Waals surface area (Å²) in [5.74, 6) is -1.97. The first kappa shape index (κ1) is 19.5. The Morgan fingerprint density at radius 1 is 1.23 bits per heavy atom. The topological polar surface area (TPSA) is 113 Å². The lowest BCUT2D eigenvalue weighted by Gasteiger charge is -2.18. The van der Waals surface area contributed by atoms with Crippen LogP contribution >= 0.6 is 0 Å². The molecule has 2 rings (SSSR count). The number of hydrogen-bond donors (Lipinski definition) is 1. The highest BCUT2D eigenvalue weighted by Crippen LogP contribution is 2.30. The Labute approximate surface area is 151 Å². The monoisotopic (exact) mass is 362 g/mol. The van der Waals surface area contributed by atoms with Crippen LogP contribution in [0, 0.1) is 10.1 Å². The second kappa shape index (κ2) is 8.52. The van der Waals surface area contributed by atoms with Gasteiger partial charge < -0.3 is 10.2 Å². The summed E-state index contributed by atoms with van der Waals surface area (Å²) >= 11 is 0. The summed E-state index contributed by atoms with van der Waals surface area (Å²) in [6, 6.07) is 3.87. The van der Waals surface area contributed by atoms with E-state index in [9.17, 15) is 24.5 Å². The highest BCUT2D eigenvalue weighted by Gasteiger charge is 2.41. The van der Waals surface area contributed by atoms with E-state index in [2.05, 4.69) is 24.1 Å². The molecule has 0 saturated heterocycles. The molecule has 0 bridgehead atoms. The third-order valence-corrected chi connectivity index (χ3v) is 4.34. The van der Waals surface area contributed by atoms with Crippen molar-refractivity contribution in [2.45, 2.75) is 20.3 Å². The average molecular weight is 362 g/mol. The molecule has 3 amide bonds. The molecule has 0 fully saturated rings. The first-order chi connectivity index (χ1) is 12.4. The van der Waals surface area contributed by atoms with Crippen molar-refractivity contribution in [3.8, 4) is 0 Å². The third kappa shape index (κ3) is 4.05. The highest BCUT2D eigenvalue weighted by atomic mass is 16.6. The molecular formula is C17H22N4O5. The summed E-state index contributed by atoms with van der Waals surface area (Å²) in [4.78, 5) is 50.0. The van der Waals surface area contributed by atoms with Gasteiger partial charge in [-0.1, -0.05) is 19.9 Å². The standard InChI is InChI=1S/C17H22N4O5/c1-3-19(4-2)10-6-9-18-14(22)11-20-16(23)12-7-5-8-13(21(25)26)15(12)17(20)24/h5,7-8H,3-4,6,9-11H2,1-2H3,(H,18,22). The van der Waals surface area contributed by atoms with Crippen LogP contribution in [-0.2, 0) is 4.79 Å². The Bertz CT molecular complexity index is 730. The van der Waals surface area contributed by atoms with E-state index < -0.39 is 34.9 Å². The molecule has 140 valence electrons. The minimum atomic E-state index is -0.810. The van der Waals surface area contributed by atoms with Gasteiger partial charge in [0.15, 0.2) is 0 Å². The number of rotatable bonds is 9. The van der Waals surface area contributed by atoms with Crippen molar-refractivity contribution in [3.05, 3.63) is 39.4 Å². The van der Waals surface area contributed by atoms with E-state index in [4.69, 9.17) is 0 Å². The van der Waals surface area contributed by atoms with E-state index in [1.807, 2.05) is 0 Å². The quantitative estimate of drug-likeness (QED) is 0.304. The van der Waals surface area contributed by atoms with E-state index >= 15 is 0 Å². The Hall–Kier alpha value is -2.81. The largest absolute Gasteiger partial charge is 0.354 e. The van der Waals surface area contributed by atoms with Gasteiger partial charge in [-0.15, -0.1) is 0 Å². The van der Waals surface area contributed by atoms with Crippen LogP contribution in [0.2, 0.25) is 0 Å². The summed E-state index contributed by atoms with van der Waals surface area (Å²) in [6.45, 7) is 6.80. The molecule has 0 radical (unpaired) electrons. The maximum absolute atomic E-state index is 12.4. The number of carbonyl (C=O) groups is 3. The first-order valence-electron chi connectivity index (χ1n) is 8.53. The Balaban J connectivity index is 1.95. The van der Waals surface area contributed by atoms with Crippen LogP contribution in [-0.4, -0.2) is 65.2 Å². The molecule has 26 heavy (non-hydrogen) atoms. The van der Waals surface area contributed by atoms with Crippen LogP contribution in [0.15, 0.2) is 18.2 Å². The Morgan fingerprint density at radius 2 is 1.92 bits per heavy atom. The van der Waals surface area contributed by atoms with Gasteiger partial charge in [-0.25, -0.2) is 0 Å². The van der Waals surface area contributed by atoms with Crippen molar-refractivity contribution < 1.29 is 19.3 Å². The molecule has 0 spiro atoms. The molecule has 1 N–H and O–H groups in total. The van der Waals surface area contributed by atoms with Crippen LogP contribution in [0.3, 0.4) is 0 Å². The van der Waals surface area contributed by atoms with Gasteiger partial charge in [-0.2, -0.15) is 0 Å². The number of nitrogens with zero attached hydrogens (tertiary/aromatic N) is 3. The first-order valence-corrected chi connectivity index (χ1v) is 8.53. The minimum Gasteiger partial charge on any atom is -0.354 e. The fourth-order valence-corrected chi connectivity index (χ4v) is 2.88. The van der Waals surface area contributed by atoms with Gasteiger partial charge in [0.2, 0.25) is 5.91 Å². The van der Waals surface area contributed by atoms with Crippen molar-refractivity contribution in [2.24, 2.45) is 0 Å². The number of amides is 3. The number of benzene rings is 1. The number of carbonyl (C=O) groups excluding carboxylic acids is 3. The van der Waals surface area contributed by atoms with Crippen molar-refractivity contribution in [1.82, 2.24) is 15.1 Å². The van der Waals surface area contributed by atoms with Crippen LogP contribution in [0.1, 0.15) is 41.0 Å². The lowest BCUT2D eigenvalue weighted by Crippen LogP contribution is -2.41. The van der Waals surface area contributed by atoms with E-state index in [1.54, 1.807) is 0 Å². The maximum Gasteiger partial charge on any atom is 0.282 e. The molecule has 0 aromatic heterocycles. The van der Waals surface area contributed by atoms with Gasteiger partial charge in [0.25, 0.3) is 17.5 Å². The molecule has 0 aliphatic carbocycles. The number of fused-ring (bicyclic) bond motifs is 1. The summed E-state index contributed by atoms with van der Waals surface area (Å²) < 4.78 is 0. The van der Waals surface area contributed by atoms with Crippen LogP contribution < -0.4 is 5.32 Å². The zero-order valence-corrected chi connectivity index (χ0v) is 14.9. The summed E-state index contributed by atoms with van der Waals surface area (Å²) in [7, 11) is 0. The van der Waals surface area contributed by atoms with E-state index in [0.717, 1.165) is 31.0 Å². The van der Waals surface area contributed by atoms with Gasteiger partial charge in [-0.05, 0) is 32.1 Å². The fraction of sp³-hybridized carbons (Fsp3) is 0.471. The number of nitro benzene ring substituents is 1. The summed E-state index contributed by atoms with van der Waals surface area (Å²) in [5.41, 5.74) is -0.724. The summed E-state index contributed by atoms with van der Waals surface area (Å²) in [5, 5.41) is 13.7. The van der Waals surface area contributed by atoms with E-state index in [1.165, 1.54) is 18.2 Å². The Morgan fingerprint density at radius 3 is 2.54 bits per heavy atom.